The highest BCUT2D eigenvalue weighted by atomic mass is 16.5. The van der Waals surface area contributed by atoms with Crippen molar-refractivity contribution in [1.82, 2.24) is 10.3 Å². The van der Waals surface area contributed by atoms with E-state index >= 15 is 0 Å². The molecule has 0 bridgehead atoms. The van der Waals surface area contributed by atoms with E-state index in [1.165, 1.54) is 18.5 Å². The highest BCUT2D eigenvalue weighted by molar-refractivity contribution is 6.60. The van der Waals surface area contributed by atoms with Crippen LogP contribution in [0.5, 0.6) is 0 Å². The summed E-state index contributed by atoms with van der Waals surface area (Å²) < 4.78 is 5.56. The monoisotopic (exact) mass is 322 g/mol. The number of carbonyl (C=O) groups is 1. The molecule has 23 heavy (non-hydrogen) atoms. The molecule has 0 saturated heterocycles. The van der Waals surface area contributed by atoms with Crippen molar-refractivity contribution < 1.29 is 19.6 Å². The van der Waals surface area contributed by atoms with Crippen molar-refractivity contribution in [3.63, 3.8) is 0 Å². The largest absolute Gasteiger partial charge is 0.493 e. The molecule has 128 valence electrons. The van der Waals surface area contributed by atoms with E-state index in [2.05, 4.69) is 10.3 Å². The highest BCUT2D eigenvalue weighted by Crippen LogP contribution is 2.25. The van der Waals surface area contributed by atoms with E-state index in [1.807, 2.05) is 20.8 Å². The summed E-state index contributed by atoms with van der Waals surface area (Å²) in [6.45, 7) is 12.2. The molecule has 0 radical (unpaired) electrons. The number of aliphatic hydroxyl groups is 1. The van der Waals surface area contributed by atoms with Gasteiger partial charge in [-0.2, -0.15) is 0 Å². The van der Waals surface area contributed by atoms with Gasteiger partial charge in [0.1, 0.15) is 0 Å². The summed E-state index contributed by atoms with van der Waals surface area (Å²) in [6, 6.07) is 1.53. The molecule has 0 spiro atoms. The predicted octanol–water partition coefficient (Wildman–Crippen LogP) is 0.863. The molecule has 6 nitrogen and oxygen atoms in total. The fraction of sp³-hybridized carbons (Fsp3) is 0.625. The number of hydrogen-bond acceptors (Lipinski definition) is 5. The highest BCUT2D eigenvalue weighted by Gasteiger charge is 2.39. The van der Waals surface area contributed by atoms with Crippen LogP contribution in [0.2, 0.25) is 0 Å². The molecule has 7 heteroatoms. The van der Waals surface area contributed by atoms with E-state index in [0.29, 0.717) is 11.0 Å². The smallest absolute Gasteiger partial charge is 0.423 e. The molecule has 1 aromatic rings. The average molecular weight is 322 g/mol. The molecule has 0 saturated carbocycles. The molecule has 1 rings (SSSR count). The van der Waals surface area contributed by atoms with Crippen molar-refractivity contribution in [3.8, 4) is 0 Å². The normalized spacial score (nSPS) is 12.9. The third-order valence-corrected chi connectivity index (χ3v) is 3.67. The molecular formula is C16H27BN2O4. The van der Waals surface area contributed by atoms with Gasteiger partial charge in [-0.05, 0) is 54.5 Å². The molecule has 0 aromatic carbocycles. The molecule has 0 aliphatic carbocycles. The Balaban J connectivity index is 2.94. The fourth-order valence-corrected chi connectivity index (χ4v) is 1.62. The lowest BCUT2D eigenvalue weighted by atomic mass is 9.77. The third-order valence-electron chi connectivity index (χ3n) is 3.67. The van der Waals surface area contributed by atoms with Gasteiger partial charge >= 0.3 is 7.12 Å². The van der Waals surface area contributed by atoms with Crippen LogP contribution in [0, 0.1) is 0 Å². The van der Waals surface area contributed by atoms with Crippen molar-refractivity contribution in [2.45, 2.75) is 65.2 Å². The number of hydrogen-bond donors (Lipinski definition) is 3. The topological polar surface area (TPSA) is 91.7 Å². The van der Waals surface area contributed by atoms with E-state index in [4.69, 9.17) is 4.65 Å². The first-order chi connectivity index (χ1) is 10.2. The van der Waals surface area contributed by atoms with Crippen molar-refractivity contribution in [3.05, 3.63) is 24.0 Å². The first-order valence-electron chi connectivity index (χ1n) is 7.59. The van der Waals surface area contributed by atoms with Crippen LogP contribution in [-0.4, -0.2) is 44.9 Å². The van der Waals surface area contributed by atoms with Gasteiger partial charge in [-0.25, -0.2) is 0 Å². The number of nitrogens with zero attached hydrogens (tertiary/aromatic N) is 1. The maximum absolute atomic E-state index is 12.2. The molecule has 0 unspecified atom stereocenters. The Morgan fingerprint density at radius 1 is 1.17 bits per heavy atom. The number of amides is 1. The third kappa shape index (κ3) is 5.60. The summed E-state index contributed by atoms with van der Waals surface area (Å²) in [5.74, 6) is -0.277. The molecule has 0 aliphatic rings. The van der Waals surface area contributed by atoms with Crippen molar-refractivity contribution in [2.24, 2.45) is 0 Å². The predicted molar refractivity (Wildman–Crippen MR) is 90.5 cm³/mol. The quantitative estimate of drug-likeness (QED) is 0.700. The second-order valence-electron chi connectivity index (χ2n) is 7.75. The van der Waals surface area contributed by atoms with Gasteiger partial charge in [0.25, 0.3) is 5.91 Å². The van der Waals surface area contributed by atoms with Crippen LogP contribution in [0.4, 0.5) is 0 Å². The molecule has 1 heterocycles. The standard InChI is InChI=1S/C16H27BN2O4/c1-14(2,3)19-13(20)11-8-12(10-18-9-11)17(22)23-16(6,7)15(4,5)21/h8-10,21-22H,1-7H3,(H,19,20). The van der Waals surface area contributed by atoms with Crippen LogP contribution in [0.3, 0.4) is 0 Å². The Morgan fingerprint density at radius 3 is 2.22 bits per heavy atom. The molecule has 1 amide bonds. The Bertz CT molecular complexity index is 562. The number of pyridine rings is 1. The minimum Gasteiger partial charge on any atom is -0.423 e. The molecule has 0 fully saturated rings. The van der Waals surface area contributed by atoms with Crippen LogP contribution >= 0.6 is 0 Å². The number of carbonyl (C=O) groups excluding carboxylic acids is 1. The van der Waals surface area contributed by atoms with Gasteiger partial charge in [0.15, 0.2) is 0 Å². The number of nitrogens with one attached hydrogen (secondary N) is 1. The maximum atomic E-state index is 12.2. The Morgan fingerprint density at radius 2 is 1.74 bits per heavy atom. The second kappa shape index (κ2) is 6.59. The van der Waals surface area contributed by atoms with Gasteiger partial charge in [0.05, 0.1) is 16.8 Å². The van der Waals surface area contributed by atoms with E-state index in [1.54, 1.807) is 27.7 Å². The fourth-order valence-electron chi connectivity index (χ4n) is 1.62. The lowest BCUT2D eigenvalue weighted by Gasteiger charge is -2.38. The van der Waals surface area contributed by atoms with Gasteiger partial charge in [0.2, 0.25) is 0 Å². The maximum Gasteiger partial charge on any atom is 0.493 e. The summed E-state index contributed by atoms with van der Waals surface area (Å²) in [5.41, 5.74) is -1.82. The van der Waals surface area contributed by atoms with Crippen LogP contribution < -0.4 is 10.8 Å². The lowest BCUT2D eigenvalue weighted by Crippen LogP contribution is -2.53. The summed E-state index contributed by atoms with van der Waals surface area (Å²) in [5, 5.41) is 23.2. The van der Waals surface area contributed by atoms with Gasteiger partial charge in [0, 0.05) is 23.4 Å². The summed E-state index contributed by atoms with van der Waals surface area (Å²) in [6.07, 6.45) is 2.86. The Labute approximate surface area is 138 Å². The molecular weight excluding hydrogens is 295 g/mol. The zero-order valence-electron chi connectivity index (χ0n) is 15.0. The van der Waals surface area contributed by atoms with E-state index < -0.39 is 18.3 Å². The second-order valence-corrected chi connectivity index (χ2v) is 7.75. The lowest BCUT2D eigenvalue weighted by molar-refractivity contribution is -0.0982. The van der Waals surface area contributed by atoms with E-state index in [0.717, 1.165) is 0 Å². The summed E-state index contributed by atoms with van der Waals surface area (Å²) in [7, 11) is -1.30. The summed E-state index contributed by atoms with van der Waals surface area (Å²) >= 11 is 0. The van der Waals surface area contributed by atoms with Crippen molar-refractivity contribution in [2.75, 3.05) is 0 Å². The first kappa shape index (κ1) is 19.6. The van der Waals surface area contributed by atoms with Gasteiger partial charge in [-0.1, -0.05) is 0 Å². The number of aromatic nitrogens is 1. The molecule has 0 aliphatic heterocycles. The number of rotatable bonds is 5. The molecule has 1 aromatic heterocycles. The molecule has 3 N–H and O–H groups in total. The van der Waals surface area contributed by atoms with Crippen LogP contribution in [-0.2, 0) is 4.65 Å². The van der Waals surface area contributed by atoms with Gasteiger partial charge in [-0.3, -0.25) is 9.78 Å². The Kier molecular flexibility index (Phi) is 5.62. The zero-order chi connectivity index (χ0) is 18.1. The minimum absolute atomic E-state index is 0.277. The summed E-state index contributed by atoms with van der Waals surface area (Å²) in [4.78, 5) is 16.2. The van der Waals surface area contributed by atoms with E-state index in [9.17, 15) is 14.9 Å². The van der Waals surface area contributed by atoms with Crippen LogP contribution in [0.15, 0.2) is 18.5 Å². The van der Waals surface area contributed by atoms with Crippen molar-refractivity contribution in [1.29, 1.82) is 0 Å². The first-order valence-corrected chi connectivity index (χ1v) is 7.59. The van der Waals surface area contributed by atoms with Gasteiger partial charge < -0.3 is 20.1 Å². The van der Waals surface area contributed by atoms with E-state index in [-0.39, 0.29) is 11.4 Å². The van der Waals surface area contributed by atoms with Gasteiger partial charge in [-0.15, -0.1) is 0 Å². The zero-order valence-corrected chi connectivity index (χ0v) is 15.0. The molecule has 0 atom stereocenters. The van der Waals surface area contributed by atoms with Crippen LogP contribution in [0.25, 0.3) is 0 Å². The minimum atomic E-state index is -1.30. The van der Waals surface area contributed by atoms with Crippen molar-refractivity contribution >= 4 is 18.5 Å². The Hall–Kier alpha value is -1.44. The SMILES string of the molecule is CC(C)(C)NC(=O)c1cncc(B(O)OC(C)(C)C(C)(C)O)c1. The average Bonchev–Trinajstić information content (AvgIpc) is 2.35. The van der Waals surface area contributed by atoms with Crippen LogP contribution in [0.1, 0.15) is 58.8 Å².